The molecule has 0 saturated carbocycles. The molecule has 0 saturated heterocycles. The molecule has 0 spiro atoms. The first-order valence-electron chi connectivity index (χ1n) is 16.0. The Bertz CT molecular complexity index is 1540. The molecule has 4 aromatic rings. The second-order valence-electron chi connectivity index (χ2n) is 12.5. The lowest BCUT2D eigenvalue weighted by Gasteiger charge is -2.30. The largest absolute Gasteiger partial charge is 0.485 e. The lowest BCUT2D eigenvalue weighted by atomic mass is 10.0. The van der Waals surface area contributed by atoms with E-state index in [4.69, 9.17) is 18.5 Å². The van der Waals surface area contributed by atoms with Gasteiger partial charge < -0.3 is 18.9 Å². The lowest BCUT2D eigenvalue weighted by molar-refractivity contribution is -0.890. The van der Waals surface area contributed by atoms with E-state index in [-0.39, 0.29) is 13.2 Å². The first-order chi connectivity index (χ1) is 22.1. The molecule has 8 heteroatoms. The van der Waals surface area contributed by atoms with Crippen LogP contribution in [0.2, 0.25) is 0 Å². The van der Waals surface area contributed by atoms with Crippen molar-refractivity contribution in [3.05, 3.63) is 130 Å². The zero-order chi connectivity index (χ0) is 32.8. The van der Waals surface area contributed by atoms with Gasteiger partial charge in [0.25, 0.3) is 0 Å². The van der Waals surface area contributed by atoms with E-state index in [9.17, 15) is 9.46 Å². The summed E-state index contributed by atoms with van der Waals surface area (Å²) in [6.45, 7) is 6.88. The number of phosphoric ester groups is 1. The van der Waals surface area contributed by atoms with Crippen LogP contribution in [-0.4, -0.2) is 49.8 Å². The van der Waals surface area contributed by atoms with Crippen molar-refractivity contribution < 1.29 is 32.5 Å². The number of hydrogen-bond donors (Lipinski definition) is 1. The van der Waals surface area contributed by atoms with Gasteiger partial charge in [-0.2, -0.15) is 0 Å². The summed E-state index contributed by atoms with van der Waals surface area (Å²) in [5, 5.41) is 0. The third-order valence-electron chi connectivity index (χ3n) is 8.10. The van der Waals surface area contributed by atoms with E-state index < -0.39 is 7.82 Å². The van der Waals surface area contributed by atoms with Crippen molar-refractivity contribution in [2.24, 2.45) is 0 Å². The Morgan fingerprint density at radius 1 is 0.609 bits per heavy atom. The number of quaternary nitrogens is 1. The zero-order valence-corrected chi connectivity index (χ0v) is 28.6. The molecule has 0 fully saturated rings. The molecule has 0 aromatic heterocycles. The molecule has 7 nitrogen and oxygen atoms in total. The Kier molecular flexibility index (Phi) is 13.4. The minimum absolute atomic E-state index is 0.142. The van der Waals surface area contributed by atoms with Gasteiger partial charge in [0.2, 0.25) is 0 Å². The molecule has 0 amide bonds. The third-order valence-corrected chi connectivity index (χ3v) is 9.12. The Hall–Kier alpha value is -3.45. The fourth-order valence-electron chi connectivity index (χ4n) is 5.09. The van der Waals surface area contributed by atoms with E-state index in [1.54, 1.807) is 0 Å². The second-order valence-corrected chi connectivity index (χ2v) is 13.9. The van der Waals surface area contributed by atoms with Gasteiger partial charge in [0, 0.05) is 6.42 Å². The number of benzene rings is 4. The Labute approximate surface area is 274 Å². The molecular formula is C38H49NO6P+. The first-order valence-corrected chi connectivity index (χ1v) is 17.5. The molecule has 246 valence electrons. The number of likely N-dealkylation sites (N-methyl/N-ethyl adjacent to an activating group) is 1. The predicted octanol–water partition coefficient (Wildman–Crippen LogP) is 8.24. The van der Waals surface area contributed by atoms with Crippen LogP contribution in [0.4, 0.5) is 0 Å². The number of aryl methyl sites for hydroxylation is 4. The zero-order valence-electron chi connectivity index (χ0n) is 27.7. The van der Waals surface area contributed by atoms with E-state index in [0.717, 1.165) is 48.4 Å². The molecule has 1 N–H and O–H groups in total. The van der Waals surface area contributed by atoms with Crippen LogP contribution in [0.15, 0.2) is 97.1 Å². The summed E-state index contributed by atoms with van der Waals surface area (Å²) >= 11 is 0. The molecule has 4 aromatic carbocycles. The van der Waals surface area contributed by atoms with Crippen molar-refractivity contribution >= 4 is 7.82 Å². The minimum Gasteiger partial charge on any atom is -0.485 e. The van der Waals surface area contributed by atoms with Gasteiger partial charge in [-0.05, 0) is 78.6 Å². The highest BCUT2D eigenvalue weighted by Crippen LogP contribution is 2.43. The Morgan fingerprint density at radius 3 is 1.83 bits per heavy atom. The molecule has 1 unspecified atom stereocenters. The average molecular weight is 647 g/mol. The molecule has 0 heterocycles. The molecule has 46 heavy (non-hydrogen) atoms. The smallest absolute Gasteiger partial charge is 0.472 e. The maximum absolute atomic E-state index is 12.4. The van der Waals surface area contributed by atoms with Gasteiger partial charge in [0.1, 0.15) is 26.4 Å². The molecule has 0 bridgehead atoms. The van der Waals surface area contributed by atoms with Crippen LogP contribution in [0.5, 0.6) is 11.5 Å². The molecule has 0 aliphatic rings. The highest BCUT2D eigenvalue weighted by atomic mass is 31.2. The summed E-state index contributed by atoms with van der Waals surface area (Å²) in [4.78, 5) is 10.2. The molecule has 0 aliphatic carbocycles. The van der Waals surface area contributed by atoms with E-state index in [2.05, 4.69) is 58.3 Å². The maximum Gasteiger partial charge on any atom is 0.472 e. The van der Waals surface area contributed by atoms with Crippen LogP contribution < -0.4 is 9.47 Å². The van der Waals surface area contributed by atoms with E-state index >= 15 is 0 Å². The van der Waals surface area contributed by atoms with Crippen LogP contribution in [0.1, 0.15) is 46.2 Å². The molecule has 4 rings (SSSR count). The number of ether oxygens (including phenoxy) is 2. The summed E-state index contributed by atoms with van der Waals surface area (Å²) in [6, 6.07) is 32.7. The van der Waals surface area contributed by atoms with Gasteiger partial charge in [-0.15, -0.1) is 0 Å². The van der Waals surface area contributed by atoms with Crippen LogP contribution >= 0.6 is 7.82 Å². The minimum atomic E-state index is -4.09. The maximum atomic E-state index is 12.4. The normalized spacial score (nSPS) is 12.9. The molecule has 0 aliphatic heterocycles. The van der Waals surface area contributed by atoms with Gasteiger partial charge in [0.15, 0.2) is 11.5 Å². The van der Waals surface area contributed by atoms with Gasteiger partial charge in [-0.1, -0.05) is 84.9 Å². The summed E-state index contributed by atoms with van der Waals surface area (Å²) in [5.74, 6) is 1.45. The number of nitrogens with zero attached hydrogens (tertiary/aromatic N) is 1. The van der Waals surface area contributed by atoms with Crippen LogP contribution in [0.25, 0.3) is 0 Å². The predicted molar refractivity (Wildman–Crippen MR) is 184 cm³/mol. The number of phosphoric acid groups is 1. The van der Waals surface area contributed by atoms with Gasteiger partial charge in [-0.3, -0.25) is 9.05 Å². The molecular weight excluding hydrogens is 597 g/mol. The van der Waals surface area contributed by atoms with Crippen molar-refractivity contribution in [2.45, 2.75) is 52.7 Å². The molecule has 0 radical (unpaired) electrons. The van der Waals surface area contributed by atoms with E-state index in [0.29, 0.717) is 30.7 Å². The SMILES string of the molecule is Cc1ccc(CCCOP(=O)(O)OCC[N+](C)(C)CCCc2ccc(OCc3ccccc3)c(OCc3ccccc3)c2)cc1C. The third kappa shape index (κ3) is 12.4. The molecule has 1 atom stereocenters. The quantitative estimate of drug-likeness (QED) is 0.0629. The van der Waals surface area contributed by atoms with Gasteiger partial charge in [-0.25, -0.2) is 4.57 Å². The summed E-state index contributed by atoms with van der Waals surface area (Å²) in [6.07, 6.45) is 3.23. The van der Waals surface area contributed by atoms with Crippen LogP contribution in [-0.2, 0) is 39.7 Å². The number of rotatable bonds is 19. The summed E-state index contributed by atoms with van der Waals surface area (Å²) < 4.78 is 36.0. The highest BCUT2D eigenvalue weighted by Gasteiger charge is 2.23. The van der Waals surface area contributed by atoms with Crippen LogP contribution in [0.3, 0.4) is 0 Å². The van der Waals surface area contributed by atoms with Crippen molar-refractivity contribution in [2.75, 3.05) is 40.4 Å². The van der Waals surface area contributed by atoms with Crippen molar-refractivity contribution in [3.63, 3.8) is 0 Å². The first kappa shape index (κ1) is 35.4. The van der Waals surface area contributed by atoms with Gasteiger partial charge >= 0.3 is 7.82 Å². The second kappa shape index (κ2) is 17.5. The van der Waals surface area contributed by atoms with Gasteiger partial charge in [0.05, 0.1) is 27.2 Å². The lowest BCUT2D eigenvalue weighted by Crippen LogP contribution is -2.43. The topological polar surface area (TPSA) is 74.2 Å². The Balaban J connectivity index is 1.21. The van der Waals surface area contributed by atoms with Crippen molar-refractivity contribution in [1.82, 2.24) is 0 Å². The summed E-state index contributed by atoms with van der Waals surface area (Å²) in [5.41, 5.74) is 7.06. The monoisotopic (exact) mass is 646 g/mol. The fourth-order valence-corrected chi connectivity index (χ4v) is 5.84. The Morgan fingerprint density at radius 2 is 1.17 bits per heavy atom. The number of hydrogen-bond acceptors (Lipinski definition) is 5. The van der Waals surface area contributed by atoms with E-state index in [1.165, 1.54) is 22.3 Å². The van der Waals surface area contributed by atoms with Crippen molar-refractivity contribution in [3.8, 4) is 11.5 Å². The van der Waals surface area contributed by atoms with E-state index in [1.807, 2.05) is 66.7 Å². The highest BCUT2D eigenvalue weighted by molar-refractivity contribution is 7.47. The van der Waals surface area contributed by atoms with Crippen molar-refractivity contribution in [1.29, 1.82) is 0 Å². The summed E-state index contributed by atoms with van der Waals surface area (Å²) in [7, 11) is 0.113. The van der Waals surface area contributed by atoms with Crippen LogP contribution in [0, 0.1) is 13.8 Å². The fraction of sp³-hybridized carbons (Fsp3) is 0.368. The average Bonchev–Trinajstić information content (AvgIpc) is 3.04. The standard InChI is InChI=1S/C38H48NO6P/c1-31-19-20-33(27-32(31)2)18-12-25-44-46(40,41)45-26-24-39(3,4)23-11-17-34-21-22-37(42-29-35-13-7-5-8-14-35)38(28-34)43-30-36-15-9-6-10-16-36/h5-10,13-16,19-22,27-28H,11-12,17-18,23-26,29-30H2,1-4H3/p+1.